The van der Waals surface area contributed by atoms with Gasteiger partial charge in [0.05, 0.1) is 6.54 Å². The van der Waals surface area contributed by atoms with E-state index in [1.807, 2.05) is 13.8 Å². The Balaban J connectivity index is 2.19. The zero-order valence-electron chi connectivity index (χ0n) is 13.3. The third kappa shape index (κ3) is 3.87. The molecule has 1 fully saturated rings. The Morgan fingerprint density at radius 3 is 2.81 bits per heavy atom. The first kappa shape index (κ1) is 16.5. The minimum absolute atomic E-state index is 0.317. The van der Waals surface area contributed by atoms with E-state index >= 15 is 0 Å². The highest BCUT2D eigenvalue weighted by atomic mass is 32.2. The molecular formula is C15H26N2O3S. The standard InChI is InChI=1S/C15H26N2O3S/c1-11(2)16-9-14-8-15(13(4)20-14)21(18,19)17-7-5-6-12(3)10-17/h8,11-12,16H,5-7,9-10H2,1-4H3. The molecule has 0 aromatic carbocycles. The molecule has 1 aliphatic rings. The molecule has 1 N–H and O–H groups in total. The van der Waals surface area contributed by atoms with E-state index in [1.54, 1.807) is 17.3 Å². The molecule has 0 saturated carbocycles. The lowest BCUT2D eigenvalue weighted by Gasteiger charge is -2.29. The summed E-state index contributed by atoms with van der Waals surface area (Å²) in [5, 5.41) is 3.24. The fourth-order valence-corrected chi connectivity index (χ4v) is 4.46. The second-order valence-electron chi connectivity index (χ2n) is 6.28. The topological polar surface area (TPSA) is 62.6 Å². The summed E-state index contributed by atoms with van der Waals surface area (Å²) in [6.45, 7) is 9.67. The predicted molar refractivity (Wildman–Crippen MR) is 82.6 cm³/mol. The Morgan fingerprint density at radius 2 is 2.19 bits per heavy atom. The summed E-state index contributed by atoms with van der Waals surface area (Å²) >= 11 is 0. The highest BCUT2D eigenvalue weighted by Gasteiger charge is 2.31. The number of furan rings is 1. The molecule has 5 nitrogen and oxygen atoms in total. The maximum Gasteiger partial charge on any atom is 0.246 e. The van der Waals surface area contributed by atoms with Gasteiger partial charge in [-0.3, -0.25) is 0 Å². The molecule has 6 heteroatoms. The van der Waals surface area contributed by atoms with E-state index in [-0.39, 0.29) is 0 Å². The predicted octanol–water partition coefficient (Wildman–Crippen LogP) is 2.51. The monoisotopic (exact) mass is 314 g/mol. The van der Waals surface area contributed by atoms with Gasteiger partial charge in [-0.05, 0) is 25.7 Å². The lowest BCUT2D eigenvalue weighted by atomic mass is 10.0. The smallest absolute Gasteiger partial charge is 0.246 e. The summed E-state index contributed by atoms with van der Waals surface area (Å²) in [4.78, 5) is 0.317. The molecule has 2 rings (SSSR count). The molecular weight excluding hydrogens is 288 g/mol. The number of piperidine rings is 1. The van der Waals surface area contributed by atoms with Crippen molar-refractivity contribution in [3.05, 3.63) is 17.6 Å². The Morgan fingerprint density at radius 1 is 1.48 bits per heavy atom. The first-order valence-corrected chi connectivity index (χ1v) is 9.07. The highest BCUT2D eigenvalue weighted by molar-refractivity contribution is 7.89. The molecule has 1 aromatic heterocycles. The van der Waals surface area contributed by atoms with Crippen LogP contribution in [-0.4, -0.2) is 31.9 Å². The molecule has 1 saturated heterocycles. The third-order valence-corrected chi connectivity index (χ3v) is 5.82. The third-order valence-electron chi connectivity index (χ3n) is 3.85. The van der Waals surface area contributed by atoms with Crippen LogP contribution in [0.1, 0.15) is 45.1 Å². The molecule has 0 bridgehead atoms. The van der Waals surface area contributed by atoms with E-state index < -0.39 is 10.0 Å². The summed E-state index contributed by atoms with van der Waals surface area (Å²) in [7, 11) is -3.43. The molecule has 1 atom stereocenters. The highest BCUT2D eigenvalue weighted by Crippen LogP contribution is 2.27. The van der Waals surface area contributed by atoms with Crippen LogP contribution in [0.4, 0.5) is 0 Å². The molecule has 21 heavy (non-hydrogen) atoms. The van der Waals surface area contributed by atoms with Gasteiger partial charge in [0.25, 0.3) is 0 Å². The first-order valence-electron chi connectivity index (χ1n) is 7.63. The lowest BCUT2D eigenvalue weighted by Crippen LogP contribution is -2.39. The zero-order valence-corrected chi connectivity index (χ0v) is 14.2. The van der Waals surface area contributed by atoms with Gasteiger partial charge < -0.3 is 9.73 Å². The van der Waals surface area contributed by atoms with Crippen LogP contribution in [-0.2, 0) is 16.6 Å². The Kier molecular flexibility index (Phi) is 5.11. The van der Waals surface area contributed by atoms with Gasteiger partial charge in [-0.15, -0.1) is 0 Å². The normalized spacial score (nSPS) is 21.1. The second kappa shape index (κ2) is 6.50. The first-order chi connectivity index (χ1) is 9.80. The molecule has 120 valence electrons. The van der Waals surface area contributed by atoms with Crippen molar-refractivity contribution in [3.8, 4) is 0 Å². The maximum atomic E-state index is 12.8. The van der Waals surface area contributed by atoms with Crippen molar-refractivity contribution in [3.63, 3.8) is 0 Å². The van der Waals surface area contributed by atoms with Gasteiger partial charge in [0.1, 0.15) is 16.4 Å². The summed E-state index contributed by atoms with van der Waals surface area (Å²) in [5.74, 6) is 1.57. The lowest BCUT2D eigenvalue weighted by molar-refractivity contribution is 0.281. The van der Waals surface area contributed by atoms with E-state index in [9.17, 15) is 8.42 Å². The van der Waals surface area contributed by atoms with Crippen LogP contribution >= 0.6 is 0 Å². The number of hydrogen-bond donors (Lipinski definition) is 1. The van der Waals surface area contributed by atoms with Crippen molar-refractivity contribution >= 4 is 10.0 Å². The van der Waals surface area contributed by atoms with E-state index in [0.717, 1.165) is 12.8 Å². The minimum Gasteiger partial charge on any atom is -0.464 e. The molecule has 1 aliphatic heterocycles. The van der Waals surface area contributed by atoms with E-state index in [2.05, 4.69) is 12.2 Å². The van der Waals surface area contributed by atoms with Gasteiger partial charge in [-0.25, -0.2) is 8.42 Å². The van der Waals surface area contributed by atoms with E-state index in [1.165, 1.54) is 0 Å². The van der Waals surface area contributed by atoms with Gasteiger partial charge in [-0.1, -0.05) is 20.8 Å². The zero-order chi connectivity index (χ0) is 15.6. The fraction of sp³-hybridized carbons (Fsp3) is 0.733. The SMILES string of the molecule is Cc1oc(CNC(C)C)cc1S(=O)(=O)N1CCCC(C)C1. The molecule has 1 unspecified atom stereocenters. The van der Waals surface area contributed by atoms with Crippen LogP contribution in [0, 0.1) is 12.8 Å². The van der Waals surface area contributed by atoms with Crippen LogP contribution < -0.4 is 5.32 Å². The van der Waals surface area contributed by atoms with Gasteiger partial charge >= 0.3 is 0 Å². The average molecular weight is 314 g/mol. The molecule has 1 aromatic rings. The second-order valence-corrected chi connectivity index (χ2v) is 8.19. The van der Waals surface area contributed by atoms with Crippen molar-refractivity contribution in [2.45, 2.75) is 58.0 Å². The van der Waals surface area contributed by atoms with Crippen molar-refractivity contribution in [1.82, 2.24) is 9.62 Å². The largest absolute Gasteiger partial charge is 0.464 e. The number of nitrogens with zero attached hydrogens (tertiary/aromatic N) is 1. The van der Waals surface area contributed by atoms with Gasteiger partial charge in [0, 0.05) is 25.2 Å². The summed E-state index contributed by atoms with van der Waals surface area (Å²) < 4.78 is 32.7. The molecule has 0 aliphatic carbocycles. The van der Waals surface area contributed by atoms with E-state index in [0.29, 0.717) is 48.0 Å². The fourth-order valence-electron chi connectivity index (χ4n) is 2.68. The van der Waals surface area contributed by atoms with Crippen molar-refractivity contribution < 1.29 is 12.8 Å². The Bertz CT molecular complexity index is 578. The Hall–Kier alpha value is -0.850. The van der Waals surface area contributed by atoms with Crippen molar-refractivity contribution in [2.24, 2.45) is 5.92 Å². The molecule has 2 heterocycles. The van der Waals surface area contributed by atoms with Crippen LogP contribution in [0.2, 0.25) is 0 Å². The number of hydrogen-bond acceptors (Lipinski definition) is 4. The Labute approximate surface area is 127 Å². The van der Waals surface area contributed by atoms with Crippen molar-refractivity contribution in [1.29, 1.82) is 0 Å². The van der Waals surface area contributed by atoms with Gasteiger partial charge in [0.15, 0.2) is 0 Å². The summed E-state index contributed by atoms with van der Waals surface area (Å²) in [5.41, 5.74) is 0. The maximum absolute atomic E-state index is 12.8. The van der Waals surface area contributed by atoms with Crippen LogP contribution in [0.15, 0.2) is 15.4 Å². The number of sulfonamides is 1. The van der Waals surface area contributed by atoms with E-state index in [4.69, 9.17) is 4.42 Å². The summed E-state index contributed by atoms with van der Waals surface area (Å²) in [6.07, 6.45) is 2.03. The average Bonchev–Trinajstić information content (AvgIpc) is 2.78. The molecule has 0 spiro atoms. The minimum atomic E-state index is -3.43. The van der Waals surface area contributed by atoms with Crippen LogP contribution in [0.3, 0.4) is 0 Å². The summed E-state index contributed by atoms with van der Waals surface area (Å²) in [6, 6.07) is 2.00. The van der Waals surface area contributed by atoms with Gasteiger partial charge in [0.2, 0.25) is 10.0 Å². The van der Waals surface area contributed by atoms with Crippen LogP contribution in [0.5, 0.6) is 0 Å². The molecule has 0 amide bonds. The quantitative estimate of drug-likeness (QED) is 0.907. The number of rotatable bonds is 5. The van der Waals surface area contributed by atoms with Crippen LogP contribution in [0.25, 0.3) is 0 Å². The number of aryl methyl sites for hydroxylation is 1. The number of nitrogens with one attached hydrogen (secondary N) is 1. The molecule has 0 radical (unpaired) electrons. The van der Waals surface area contributed by atoms with Gasteiger partial charge in [-0.2, -0.15) is 4.31 Å². The van der Waals surface area contributed by atoms with Crippen molar-refractivity contribution in [2.75, 3.05) is 13.1 Å².